The Morgan fingerprint density at radius 1 is 1.05 bits per heavy atom. The highest BCUT2D eigenvalue weighted by Crippen LogP contribution is 2.32. The van der Waals surface area contributed by atoms with E-state index in [-0.39, 0.29) is 17.8 Å². The van der Waals surface area contributed by atoms with Gasteiger partial charge >= 0.3 is 0 Å². The molecule has 2 aliphatic heterocycles. The minimum absolute atomic E-state index is 0.0120. The van der Waals surface area contributed by atoms with Crippen molar-refractivity contribution in [2.75, 3.05) is 31.6 Å². The number of hydrogen-bond acceptors (Lipinski definition) is 7. The molecule has 1 saturated heterocycles. The summed E-state index contributed by atoms with van der Waals surface area (Å²) in [6.07, 6.45) is 1.72. The van der Waals surface area contributed by atoms with Crippen LogP contribution >= 0.6 is 0 Å². The van der Waals surface area contributed by atoms with E-state index in [2.05, 4.69) is 4.90 Å². The summed E-state index contributed by atoms with van der Waals surface area (Å²) in [5.41, 5.74) is 3.79. The van der Waals surface area contributed by atoms with Crippen LogP contribution in [0.1, 0.15) is 36.8 Å². The molecule has 1 aromatic carbocycles. The summed E-state index contributed by atoms with van der Waals surface area (Å²) in [5, 5.41) is 0. The van der Waals surface area contributed by atoms with E-state index in [1.165, 1.54) is 12.1 Å². The minimum Gasteiger partial charge on any atom is -0.487 e. The summed E-state index contributed by atoms with van der Waals surface area (Å²) in [7, 11) is 1.62. The van der Waals surface area contributed by atoms with Gasteiger partial charge in [0.2, 0.25) is 5.91 Å². The molecule has 37 heavy (non-hydrogen) atoms. The molecule has 0 aliphatic carbocycles. The number of pyridine rings is 1. The van der Waals surface area contributed by atoms with Crippen LogP contribution < -0.4 is 9.64 Å². The topological polar surface area (TPSA) is 80.7 Å². The Morgan fingerprint density at radius 3 is 2.59 bits per heavy atom. The summed E-state index contributed by atoms with van der Waals surface area (Å²) in [4.78, 5) is 30.7. The first-order valence-corrected chi connectivity index (χ1v) is 12.4. The molecule has 0 atom stereocenters. The van der Waals surface area contributed by atoms with Gasteiger partial charge in [-0.2, -0.15) is 0 Å². The fourth-order valence-corrected chi connectivity index (χ4v) is 4.76. The summed E-state index contributed by atoms with van der Waals surface area (Å²) >= 11 is 0. The van der Waals surface area contributed by atoms with Crippen molar-refractivity contribution >= 4 is 11.7 Å². The zero-order valence-corrected chi connectivity index (χ0v) is 20.9. The first kappa shape index (κ1) is 25.0. The van der Waals surface area contributed by atoms with Crippen molar-refractivity contribution < 1.29 is 23.0 Å². The molecule has 1 amide bonds. The number of aromatic nitrogens is 3. The number of rotatable bonds is 6. The third-order valence-corrected chi connectivity index (χ3v) is 6.71. The lowest BCUT2D eigenvalue weighted by Crippen LogP contribution is -2.40. The maximum Gasteiger partial charge on any atom is 0.219 e. The molecular weight excluding hydrogens is 480 g/mol. The predicted octanol–water partition coefficient (Wildman–Crippen LogP) is 3.92. The van der Waals surface area contributed by atoms with E-state index in [0.717, 1.165) is 29.0 Å². The third kappa shape index (κ3) is 5.53. The average molecular weight is 510 g/mol. The molecule has 0 unspecified atom stereocenters. The predicted molar refractivity (Wildman–Crippen MR) is 133 cm³/mol. The Hall–Kier alpha value is -3.66. The second-order valence-corrected chi connectivity index (χ2v) is 9.31. The highest BCUT2D eigenvalue weighted by molar-refractivity contribution is 5.74. The van der Waals surface area contributed by atoms with Crippen molar-refractivity contribution in [1.82, 2.24) is 19.9 Å². The largest absolute Gasteiger partial charge is 0.487 e. The van der Waals surface area contributed by atoms with Crippen LogP contribution in [0.4, 0.5) is 14.6 Å². The molecule has 0 spiro atoms. The fraction of sp³-hybridized carbons (Fsp3) is 0.407. The number of nitrogens with zero attached hydrogens (tertiary/aromatic N) is 5. The van der Waals surface area contributed by atoms with Crippen LogP contribution in [-0.4, -0.2) is 58.6 Å². The van der Waals surface area contributed by atoms with Crippen LogP contribution in [0.2, 0.25) is 0 Å². The van der Waals surface area contributed by atoms with Gasteiger partial charge in [0.05, 0.1) is 35.9 Å². The fourth-order valence-electron chi connectivity index (χ4n) is 4.76. The SMILES string of the molecule is COCc1cccc(-c2nc3c(nc2N2CCC(Oc4ccc(F)cc4F)CC2)CCN(C(C)=O)C3)n1. The van der Waals surface area contributed by atoms with Gasteiger partial charge in [0.25, 0.3) is 0 Å². The van der Waals surface area contributed by atoms with E-state index in [4.69, 9.17) is 24.4 Å². The van der Waals surface area contributed by atoms with Crippen LogP contribution in [0, 0.1) is 11.6 Å². The Morgan fingerprint density at radius 2 is 1.86 bits per heavy atom. The molecule has 0 N–H and O–H groups in total. The summed E-state index contributed by atoms with van der Waals surface area (Å²) in [5.74, 6) is -0.524. The molecular formula is C27H29F2N5O3. The van der Waals surface area contributed by atoms with Gasteiger partial charge in [0, 0.05) is 59.0 Å². The normalized spacial score (nSPS) is 16.0. The van der Waals surface area contributed by atoms with Crippen LogP contribution in [0.3, 0.4) is 0 Å². The molecule has 10 heteroatoms. The molecule has 2 aromatic heterocycles. The lowest BCUT2D eigenvalue weighted by molar-refractivity contribution is -0.129. The number of anilines is 1. The van der Waals surface area contributed by atoms with Crippen molar-refractivity contribution in [1.29, 1.82) is 0 Å². The first-order valence-electron chi connectivity index (χ1n) is 12.4. The van der Waals surface area contributed by atoms with Gasteiger partial charge in [-0.05, 0) is 24.3 Å². The Balaban J connectivity index is 1.42. The number of hydrogen-bond donors (Lipinski definition) is 0. The quantitative estimate of drug-likeness (QED) is 0.498. The van der Waals surface area contributed by atoms with E-state index in [1.54, 1.807) is 18.9 Å². The number of carbonyl (C=O) groups is 1. The van der Waals surface area contributed by atoms with Crippen molar-refractivity contribution in [3.8, 4) is 17.1 Å². The molecule has 0 saturated carbocycles. The summed E-state index contributed by atoms with van der Waals surface area (Å²) in [6.45, 7) is 4.23. The number of benzene rings is 1. The van der Waals surface area contributed by atoms with Crippen molar-refractivity contribution in [2.24, 2.45) is 0 Å². The second kappa shape index (κ2) is 10.8. The van der Waals surface area contributed by atoms with E-state index in [1.807, 2.05) is 18.2 Å². The Kier molecular flexibility index (Phi) is 7.27. The number of piperidine rings is 1. The molecule has 0 bridgehead atoms. The first-order chi connectivity index (χ1) is 17.9. The van der Waals surface area contributed by atoms with Gasteiger partial charge in [-0.25, -0.2) is 23.7 Å². The Labute approximate surface area is 214 Å². The van der Waals surface area contributed by atoms with Crippen LogP contribution in [0.5, 0.6) is 5.75 Å². The molecule has 8 nitrogen and oxygen atoms in total. The van der Waals surface area contributed by atoms with Crippen molar-refractivity contribution in [2.45, 2.75) is 45.4 Å². The van der Waals surface area contributed by atoms with Gasteiger partial charge in [-0.15, -0.1) is 0 Å². The highest BCUT2D eigenvalue weighted by atomic mass is 19.1. The number of fused-ring (bicyclic) bond motifs is 1. The number of methoxy groups -OCH3 is 1. The van der Waals surface area contributed by atoms with Crippen LogP contribution in [0.15, 0.2) is 36.4 Å². The summed E-state index contributed by atoms with van der Waals surface area (Å²) in [6, 6.07) is 9.07. The van der Waals surface area contributed by atoms with Gasteiger partial charge in [0.15, 0.2) is 17.4 Å². The van der Waals surface area contributed by atoms with Gasteiger partial charge in [0.1, 0.15) is 17.6 Å². The van der Waals surface area contributed by atoms with Crippen LogP contribution in [-0.2, 0) is 29.1 Å². The number of carbonyl (C=O) groups excluding carboxylic acids is 1. The molecule has 5 rings (SSSR count). The number of amides is 1. The lowest BCUT2D eigenvalue weighted by Gasteiger charge is -2.35. The molecule has 0 radical (unpaired) electrons. The van der Waals surface area contributed by atoms with Crippen molar-refractivity contribution in [3.05, 3.63) is 65.1 Å². The smallest absolute Gasteiger partial charge is 0.219 e. The molecule has 1 fully saturated rings. The van der Waals surface area contributed by atoms with E-state index in [0.29, 0.717) is 63.4 Å². The lowest BCUT2D eigenvalue weighted by atomic mass is 10.1. The van der Waals surface area contributed by atoms with E-state index < -0.39 is 11.6 Å². The molecule has 3 aromatic rings. The van der Waals surface area contributed by atoms with Gasteiger partial charge < -0.3 is 19.3 Å². The average Bonchev–Trinajstić information content (AvgIpc) is 2.90. The standard InChI is InChI=1S/C27H29F2N5O3/c1-17(35)34-13-10-22-24(15-34)31-26(23-5-3-4-19(30-23)16-36-2)27(32-22)33-11-8-20(9-12-33)37-25-7-6-18(28)14-21(25)29/h3-7,14,20H,8-13,15-16H2,1-2H3. The number of ether oxygens (including phenoxy) is 2. The van der Waals surface area contributed by atoms with Crippen molar-refractivity contribution in [3.63, 3.8) is 0 Å². The monoisotopic (exact) mass is 509 g/mol. The molecule has 194 valence electrons. The maximum atomic E-state index is 14.1. The molecule has 2 aliphatic rings. The van der Waals surface area contributed by atoms with E-state index in [9.17, 15) is 13.6 Å². The van der Waals surface area contributed by atoms with Gasteiger partial charge in [-0.1, -0.05) is 6.07 Å². The van der Waals surface area contributed by atoms with E-state index >= 15 is 0 Å². The zero-order valence-electron chi connectivity index (χ0n) is 20.9. The minimum atomic E-state index is -0.702. The number of halogens is 2. The maximum absolute atomic E-state index is 14.1. The third-order valence-electron chi connectivity index (χ3n) is 6.71. The highest BCUT2D eigenvalue weighted by Gasteiger charge is 2.29. The van der Waals surface area contributed by atoms with Crippen LogP contribution in [0.25, 0.3) is 11.4 Å². The zero-order chi connectivity index (χ0) is 25.9. The summed E-state index contributed by atoms with van der Waals surface area (Å²) < 4.78 is 38.4. The second-order valence-electron chi connectivity index (χ2n) is 9.31. The Bertz CT molecular complexity index is 1300. The molecule has 4 heterocycles. The van der Waals surface area contributed by atoms with Gasteiger partial charge in [-0.3, -0.25) is 4.79 Å².